The van der Waals surface area contributed by atoms with Gasteiger partial charge in [0.1, 0.15) is 0 Å². The first-order valence-corrected chi connectivity index (χ1v) is 6.08. The zero-order valence-corrected chi connectivity index (χ0v) is 10.3. The second-order valence-electron chi connectivity index (χ2n) is 4.72. The van der Waals surface area contributed by atoms with Crippen molar-refractivity contribution in [2.75, 3.05) is 13.6 Å². The van der Waals surface area contributed by atoms with E-state index in [4.69, 9.17) is 5.73 Å². The number of nitrogens with two attached hydrogens (primary N) is 1. The molecular weight excluding hydrogens is 188 g/mol. The van der Waals surface area contributed by atoms with Gasteiger partial charge in [-0.25, -0.2) is 0 Å². The van der Waals surface area contributed by atoms with Crippen LogP contribution in [-0.4, -0.2) is 30.4 Å². The zero-order valence-electron chi connectivity index (χ0n) is 10.3. The minimum absolute atomic E-state index is 0.211. The molecule has 1 aliphatic carbocycles. The van der Waals surface area contributed by atoms with Crippen LogP contribution in [0.1, 0.15) is 46.0 Å². The van der Waals surface area contributed by atoms with E-state index < -0.39 is 0 Å². The third-order valence-corrected chi connectivity index (χ3v) is 3.97. The molecule has 3 nitrogen and oxygen atoms in total. The van der Waals surface area contributed by atoms with Crippen LogP contribution in [0.4, 0.5) is 0 Å². The lowest BCUT2D eigenvalue weighted by Crippen LogP contribution is -2.53. The van der Waals surface area contributed by atoms with Gasteiger partial charge >= 0.3 is 0 Å². The highest BCUT2D eigenvalue weighted by atomic mass is 16.2. The van der Waals surface area contributed by atoms with Crippen LogP contribution in [0.3, 0.4) is 0 Å². The molecule has 88 valence electrons. The Morgan fingerprint density at radius 1 is 1.40 bits per heavy atom. The Morgan fingerprint density at radius 2 is 1.93 bits per heavy atom. The van der Waals surface area contributed by atoms with Crippen molar-refractivity contribution in [3.8, 4) is 0 Å². The van der Waals surface area contributed by atoms with Crippen molar-refractivity contribution in [3.63, 3.8) is 0 Å². The molecule has 0 spiro atoms. The molecule has 0 atom stereocenters. The first kappa shape index (κ1) is 12.5. The second-order valence-corrected chi connectivity index (χ2v) is 4.72. The molecule has 0 aromatic carbocycles. The van der Waals surface area contributed by atoms with E-state index in [0.29, 0.717) is 12.6 Å². The molecule has 0 unspecified atom stereocenters. The summed E-state index contributed by atoms with van der Waals surface area (Å²) in [6.45, 7) is 4.78. The van der Waals surface area contributed by atoms with Crippen LogP contribution in [0, 0.1) is 5.41 Å². The summed E-state index contributed by atoms with van der Waals surface area (Å²) in [5.41, 5.74) is 5.53. The fourth-order valence-electron chi connectivity index (χ4n) is 2.49. The average molecular weight is 212 g/mol. The van der Waals surface area contributed by atoms with E-state index in [9.17, 15) is 4.79 Å². The second kappa shape index (κ2) is 4.97. The molecule has 1 amide bonds. The van der Waals surface area contributed by atoms with Gasteiger partial charge in [0.25, 0.3) is 0 Å². The van der Waals surface area contributed by atoms with Crippen molar-refractivity contribution in [3.05, 3.63) is 0 Å². The van der Waals surface area contributed by atoms with Crippen molar-refractivity contribution >= 4 is 5.91 Å². The molecule has 0 bridgehead atoms. The molecule has 0 aromatic rings. The molecule has 2 N–H and O–H groups in total. The van der Waals surface area contributed by atoms with E-state index in [1.54, 1.807) is 0 Å². The third kappa shape index (κ3) is 2.17. The van der Waals surface area contributed by atoms with E-state index in [1.807, 2.05) is 11.9 Å². The Kier molecular flexibility index (Phi) is 4.14. The largest absolute Gasteiger partial charge is 0.342 e. The Bertz CT molecular complexity index is 214. The highest BCUT2D eigenvalue weighted by Crippen LogP contribution is 2.41. The average Bonchev–Trinajstić information content (AvgIpc) is 2.18. The highest BCUT2D eigenvalue weighted by molar-refractivity contribution is 5.84. The first-order valence-electron chi connectivity index (χ1n) is 6.08. The summed E-state index contributed by atoms with van der Waals surface area (Å²) in [7, 11) is 1.93. The standard InChI is InChI=1S/C12H24N2O/c1-4-10(5-2)14(3)11(15)12(9-13)7-6-8-12/h10H,4-9,13H2,1-3H3. The zero-order chi connectivity index (χ0) is 11.5. The normalized spacial score (nSPS) is 18.7. The van der Waals surface area contributed by atoms with Gasteiger partial charge in [0, 0.05) is 19.6 Å². The third-order valence-electron chi connectivity index (χ3n) is 3.97. The van der Waals surface area contributed by atoms with Crippen LogP contribution >= 0.6 is 0 Å². The number of hydrogen-bond acceptors (Lipinski definition) is 2. The summed E-state index contributed by atoms with van der Waals surface area (Å²) in [5, 5.41) is 0. The molecule has 0 aliphatic heterocycles. The van der Waals surface area contributed by atoms with Crippen molar-refractivity contribution in [1.29, 1.82) is 0 Å². The number of rotatable bonds is 5. The van der Waals surface area contributed by atoms with Crippen molar-refractivity contribution in [1.82, 2.24) is 4.90 Å². The summed E-state index contributed by atoms with van der Waals surface area (Å²) in [5.74, 6) is 0.268. The molecule has 0 saturated heterocycles. The Labute approximate surface area is 93.0 Å². The van der Waals surface area contributed by atoms with Crippen LogP contribution < -0.4 is 5.73 Å². The summed E-state index contributed by atoms with van der Waals surface area (Å²) < 4.78 is 0. The lowest BCUT2D eigenvalue weighted by molar-refractivity contribution is -0.147. The van der Waals surface area contributed by atoms with Crippen molar-refractivity contribution in [2.45, 2.75) is 52.0 Å². The summed E-state index contributed by atoms with van der Waals surface area (Å²) in [6.07, 6.45) is 5.16. The van der Waals surface area contributed by atoms with Crippen LogP contribution in [0.5, 0.6) is 0 Å². The number of carbonyl (C=O) groups is 1. The molecule has 0 heterocycles. The molecular formula is C12H24N2O. The molecule has 1 fully saturated rings. The monoisotopic (exact) mass is 212 g/mol. The fourth-order valence-corrected chi connectivity index (χ4v) is 2.49. The maximum absolute atomic E-state index is 12.3. The molecule has 0 radical (unpaired) electrons. The Balaban J connectivity index is 2.66. The summed E-state index contributed by atoms with van der Waals surface area (Å²) >= 11 is 0. The maximum Gasteiger partial charge on any atom is 0.230 e. The predicted octanol–water partition coefficient (Wildman–Crippen LogP) is 1.76. The Hall–Kier alpha value is -0.570. The fraction of sp³-hybridized carbons (Fsp3) is 0.917. The number of hydrogen-bond donors (Lipinski definition) is 1. The predicted molar refractivity (Wildman–Crippen MR) is 62.5 cm³/mol. The number of nitrogens with zero attached hydrogens (tertiary/aromatic N) is 1. The van der Waals surface area contributed by atoms with Crippen molar-refractivity contribution < 1.29 is 4.79 Å². The molecule has 1 rings (SSSR count). The molecule has 1 aliphatic rings. The van der Waals surface area contributed by atoms with Crippen molar-refractivity contribution in [2.24, 2.45) is 11.1 Å². The topological polar surface area (TPSA) is 46.3 Å². The van der Waals surface area contributed by atoms with Gasteiger partial charge in [0.2, 0.25) is 5.91 Å². The van der Waals surface area contributed by atoms with E-state index in [1.165, 1.54) is 0 Å². The molecule has 15 heavy (non-hydrogen) atoms. The number of carbonyl (C=O) groups excluding carboxylic acids is 1. The van der Waals surface area contributed by atoms with Gasteiger partial charge < -0.3 is 10.6 Å². The van der Waals surface area contributed by atoms with E-state index in [2.05, 4.69) is 13.8 Å². The van der Waals surface area contributed by atoms with Gasteiger partial charge in [-0.3, -0.25) is 4.79 Å². The minimum atomic E-state index is -0.211. The maximum atomic E-state index is 12.3. The van der Waals surface area contributed by atoms with Gasteiger partial charge in [-0.2, -0.15) is 0 Å². The number of amides is 1. The molecule has 3 heteroatoms. The van der Waals surface area contributed by atoms with Gasteiger partial charge in [-0.05, 0) is 25.7 Å². The lowest BCUT2D eigenvalue weighted by atomic mass is 9.67. The van der Waals surface area contributed by atoms with Crippen LogP contribution in [0.25, 0.3) is 0 Å². The van der Waals surface area contributed by atoms with Gasteiger partial charge in [-0.15, -0.1) is 0 Å². The summed E-state index contributed by atoms with van der Waals surface area (Å²) in [4.78, 5) is 14.2. The smallest absolute Gasteiger partial charge is 0.230 e. The van der Waals surface area contributed by atoms with Crippen LogP contribution in [-0.2, 0) is 4.79 Å². The molecule has 1 saturated carbocycles. The molecule has 0 aromatic heterocycles. The lowest BCUT2D eigenvalue weighted by Gasteiger charge is -2.43. The highest BCUT2D eigenvalue weighted by Gasteiger charge is 2.45. The van der Waals surface area contributed by atoms with Gasteiger partial charge in [0.15, 0.2) is 0 Å². The van der Waals surface area contributed by atoms with Crippen LogP contribution in [0.2, 0.25) is 0 Å². The first-order chi connectivity index (χ1) is 7.11. The van der Waals surface area contributed by atoms with E-state index in [-0.39, 0.29) is 11.3 Å². The minimum Gasteiger partial charge on any atom is -0.342 e. The summed E-state index contributed by atoms with van der Waals surface area (Å²) in [6, 6.07) is 0.376. The Morgan fingerprint density at radius 3 is 2.20 bits per heavy atom. The SMILES string of the molecule is CCC(CC)N(C)C(=O)C1(CN)CCC1. The quantitative estimate of drug-likeness (QED) is 0.755. The van der Waals surface area contributed by atoms with E-state index >= 15 is 0 Å². The van der Waals surface area contributed by atoms with Gasteiger partial charge in [0.05, 0.1) is 5.41 Å². The van der Waals surface area contributed by atoms with Crippen LogP contribution in [0.15, 0.2) is 0 Å². The van der Waals surface area contributed by atoms with E-state index in [0.717, 1.165) is 32.1 Å². The van der Waals surface area contributed by atoms with Gasteiger partial charge in [-0.1, -0.05) is 20.3 Å².